The largest absolute Gasteiger partial charge is 0.481 e. The van der Waals surface area contributed by atoms with Gasteiger partial charge in [-0.15, -0.1) is 0 Å². The van der Waals surface area contributed by atoms with E-state index < -0.39 is 30.0 Å². The summed E-state index contributed by atoms with van der Waals surface area (Å²) in [6.07, 6.45) is -5.17. The summed E-state index contributed by atoms with van der Waals surface area (Å²) in [4.78, 5) is 22.7. The number of carbonyl (C=O) groups is 2. The summed E-state index contributed by atoms with van der Waals surface area (Å²) in [5.74, 6) is -1.63. The Morgan fingerprint density at radius 2 is 1.71 bits per heavy atom. The first-order chi connectivity index (χ1) is 11.3. The van der Waals surface area contributed by atoms with E-state index in [2.05, 4.69) is 5.32 Å². The van der Waals surface area contributed by atoms with Crippen LogP contribution in [-0.2, 0) is 28.6 Å². The third-order valence-corrected chi connectivity index (χ3v) is 3.24. The second-order valence-corrected chi connectivity index (χ2v) is 5.15. The quantitative estimate of drug-likeness (QED) is 0.877. The molecule has 0 spiro atoms. The molecule has 2 aromatic carbocycles. The van der Waals surface area contributed by atoms with E-state index in [1.807, 2.05) is 0 Å². The Labute approximate surface area is 135 Å². The number of benzene rings is 2. The lowest BCUT2D eigenvalue weighted by Gasteiger charge is -2.12. The number of carbonyl (C=O) groups excluding carboxylic acids is 1. The molecule has 126 valence electrons. The van der Waals surface area contributed by atoms with Crippen LogP contribution in [-0.4, -0.2) is 17.0 Å². The van der Waals surface area contributed by atoms with Gasteiger partial charge in [0, 0.05) is 5.69 Å². The molecule has 0 heterocycles. The third-order valence-electron chi connectivity index (χ3n) is 3.24. The van der Waals surface area contributed by atoms with Gasteiger partial charge in [-0.3, -0.25) is 9.59 Å². The first-order valence-electron chi connectivity index (χ1n) is 7.01. The smallest absolute Gasteiger partial charge is 0.416 e. The molecule has 0 radical (unpaired) electrons. The molecule has 0 saturated heterocycles. The van der Waals surface area contributed by atoms with Gasteiger partial charge in [-0.2, -0.15) is 13.2 Å². The van der Waals surface area contributed by atoms with E-state index in [9.17, 15) is 22.8 Å². The summed E-state index contributed by atoms with van der Waals surface area (Å²) in [5.41, 5.74) is -0.150. The fourth-order valence-electron chi connectivity index (χ4n) is 2.26. The Morgan fingerprint density at radius 1 is 1.00 bits per heavy atom. The Morgan fingerprint density at radius 3 is 2.38 bits per heavy atom. The Bertz CT molecular complexity index is 757. The number of hydrogen-bond acceptors (Lipinski definition) is 2. The van der Waals surface area contributed by atoms with Crippen molar-refractivity contribution >= 4 is 17.6 Å². The van der Waals surface area contributed by atoms with E-state index in [0.717, 1.165) is 6.07 Å². The minimum absolute atomic E-state index is 0.121. The van der Waals surface area contributed by atoms with Crippen LogP contribution in [0.15, 0.2) is 48.5 Å². The van der Waals surface area contributed by atoms with Gasteiger partial charge in [0.2, 0.25) is 5.91 Å². The normalized spacial score (nSPS) is 11.1. The lowest BCUT2D eigenvalue weighted by molar-refractivity contribution is -0.138. The van der Waals surface area contributed by atoms with Gasteiger partial charge in [0.25, 0.3) is 0 Å². The molecule has 2 aromatic rings. The van der Waals surface area contributed by atoms with Crippen molar-refractivity contribution < 1.29 is 27.9 Å². The van der Waals surface area contributed by atoms with Crippen molar-refractivity contribution in [3.8, 4) is 0 Å². The zero-order valence-electron chi connectivity index (χ0n) is 12.4. The number of halogens is 3. The maximum Gasteiger partial charge on any atom is 0.416 e. The SMILES string of the molecule is O=C(O)Cc1cccc(NC(=O)Cc2ccccc2C(F)(F)F)c1. The number of carboxylic acid groups (broad SMARTS) is 1. The second kappa shape index (κ2) is 7.16. The number of anilines is 1. The molecule has 2 rings (SSSR count). The van der Waals surface area contributed by atoms with Crippen molar-refractivity contribution in [2.45, 2.75) is 19.0 Å². The molecule has 0 fully saturated rings. The molecule has 24 heavy (non-hydrogen) atoms. The lowest BCUT2D eigenvalue weighted by atomic mass is 10.0. The van der Waals surface area contributed by atoms with Crippen LogP contribution in [0.1, 0.15) is 16.7 Å². The average Bonchev–Trinajstić information content (AvgIpc) is 2.46. The molecule has 0 bridgehead atoms. The van der Waals surface area contributed by atoms with E-state index >= 15 is 0 Å². The first-order valence-corrected chi connectivity index (χ1v) is 7.01. The van der Waals surface area contributed by atoms with Gasteiger partial charge >= 0.3 is 12.1 Å². The predicted molar refractivity (Wildman–Crippen MR) is 81.6 cm³/mol. The van der Waals surface area contributed by atoms with Crippen LogP contribution in [0.4, 0.5) is 18.9 Å². The Balaban J connectivity index is 2.11. The highest BCUT2D eigenvalue weighted by Gasteiger charge is 2.33. The molecule has 4 nitrogen and oxygen atoms in total. The zero-order chi connectivity index (χ0) is 17.7. The second-order valence-electron chi connectivity index (χ2n) is 5.15. The molecule has 1 amide bonds. The van der Waals surface area contributed by atoms with Crippen LogP contribution in [0.5, 0.6) is 0 Å². The molecular weight excluding hydrogens is 323 g/mol. The number of nitrogens with one attached hydrogen (secondary N) is 1. The van der Waals surface area contributed by atoms with Gasteiger partial charge in [-0.05, 0) is 29.3 Å². The average molecular weight is 337 g/mol. The van der Waals surface area contributed by atoms with E-state index in [-0.39, 0.29) is 12.0 Å². The van der Waals surface area contributed by atoms with Crippen LogP contribution in [0.3, 0.4) is 0 Å². The minimum atomic E-state index is -4.53. The van der Waals surface area contributed by atoms with Crippen molar-refractivity contribution in [3.05, 3.63) is 65.2 Å². The molecule has 0 unspecified atom stereocenters. The Hall–Kier alpha value is -2.83. The van der Waals surface area contributed by atoms with E-state index in [4.69, 9.17) is 5.11 Å². The first kappa shape index (κ1) is 17.5. The fourth-order valence-corrected chi connectivity index (χ4v) is 2.26. The maximum absolute atomic E-state index is 12.9. The standard InChI is InChI=1S/C17H14F3NO3/c18-17(19,20)14-7-2-1-5-12(14)10-15(22)21-13-6-3-4-11(8-13)9-16(23)24/h1-8H,9-10H2,(H,21,22)(H,23,24). The highest BCUT2D eigenvalue weighted by atomic mass is 19.4. The molecule has 0 aliphatic carbocycles. The summed E-state index contributed by atoms with van der Waals surface area (Å²) >= 11 is 0. The summed E-state index contributed by atoms with van der Waals surface area (Å²) in [7, 11) is 0. The third kappa shape index (κ3) is 4.84. The molecule has 7 heteroatoms. The van der Waals surface area contributed by atoms with Crippen LogP contribution in [0.25, 0.3) is 0 Å². The van der Waals surface area contributed by atoms with Gasteiger partial charge in [0.05, 0.1) is 18.4 Å². The lowest BCUT2D eigenvalue weighted by Crippen LogP contribution is -2.18. The number of hydrogen-bond donors (Lipinski definition) is 2. The number of aliphatic carboxylic acids is 1. The Kier molecular flexibility index (Phi) is 5.23. The van der Waals surface area contributed by atoms with Crippen molar-refractivity contribution in [3.63, 3.8) is 0 Å². The van der Waals surface area contributed by atoms with Crippen LogP contribution in [0.2, 0.25) is 0 Å². The zero-order valence-corrected chi connectivity index (χ0v) is 12.4. The van der Waals surface area contributed by atoms with Crippen molar-refractivity contribution in [1.29, 1.82) is 0 Å². The topological polar surface area (TPSA) is 66.4 Å². The molecule has 0 saturated carbocycles. The number of amides is 1. The molecule has 2 N–H and O–H groups in total. The highest BCUT2D eigenvalue weighted by Crippen LogP contribution is 2.32. The van der Waals surface area contributed by atoms with Gasteiger partial charge in [-0.25, -0.2) is 0 Å². The van der Waals surface area contributed by atoms with Crippen molar-refractivity contribution in [2.24, 2.45) is 0 Å². The van der Waals surface area contributed by atoms with Gasteiger partial charge < -0.3 is 10.4 Å². The maximum atomic E-state index is 12.9. The van der Waals surface area contributed by atoms with Gasteiger partial charge in [0.1, 0.15) is 0 Å². The number of carboxylic acids is 1. The molecule has 0 aliphatic heterocycles. The van der Waals surface area contributed by atoms with Gasteiger partial charge in [-0.1, -0.05) is 30.3 Å². The van der Waals surface area contributed by atoms with E-state index in [1.165, 1.54) is 24.3 Å². The summed E-state index contributed by atoms with van der Waals surface area (Å²) in [6.45, 7) is 0. The minimum Gasteiger partial charge on any atom is -0.481 e. The van der Waals surface area contributed by atoms with Crippen molar-refractivity contribution in [2.75, 3.05) is 5.32 Å². The number of rotatable bonds is 5. The molecule has 0 aliphatic rings. The summed E-state index contributed by atoms with van der Waals surface area (Å²) in [5, 5.41) is 11.2. The van der Waals surface area contributed by atoms with Crippen LogP contribution in [0, 0.1) is 0 Å². The molecular formula is C17H14F3NO3. The van der Waals surface area contributed by atoms with E-state index in [1.54, 1.807) is 18.2 Å². The van der Waals surface area contributed by atoms with E-state index in [0.29, 0.717) is 11.3 Å². The summed E-state index contributed by atoms with van der Waals surface area (Å²) < 4.78 is 38.7. The highest BCUT2D eigenvalue weighted by molar-refractivity contribution is 5.92. The predicted octanol–water partition coefficient (Wildman–Crippen LogP) is 3.51. The van der Waals surface area contributed by atoms with Crippen LogP contribution >= 0.6 is 0 Å². The molecule has 0 atom stereocenters. The van der Waals surface area contributed by atoms with Gasteiger partial charge in [0.15, 0.2) is 0 Å². The summed E-state index contributed by atoms with van der Waals surface area (Å²) in [6, 6.07) is 11.0. The van der Waals surface area contributed by atoms with Crippen molar-refractivity contribution in [1.82, 2.24) is 0 Å². The number of alkyl halides is 3. The fraction of sp³-hybridized carbons (Fsp3) is 0.176. The van der Waals surface area contributed by atoms with Crippen LogP contribution < -0.4 is 5.32 Å². The molecule has 0 aromatic heterocycles. The monoisotopic (exact) mass is 337 g/mol.